The molecule has 7 nitrogen and oxygen atoms in total. The van der Waals surface area contributed by atoms with Crippen molar-refractivity contribution in [2.45, 2.75) is 44.5 Å². The zero-order valence-electron chi connectivity index (χ0n) is 16.6. The van der Waals surface area contributed by atoms with Crippen LogP contribution >= 0.6 is 0 Å². The smallest absolute Gasteiger partial charge is 0.154 e. The van der Waals surface area contributed by atoms with E-state index in [9.17, 15) is 13.5 Å². The Balaban J connectivity index is 1.49. The largest absolute Gasteiger partial charge is 0.468 e. The normalized spacial score (nSPS) is 22.6. The first-order chi connectivity index (χ1) is 14.5. The molecule has 158 valence electrons. The van der Waals surface area contributed by atoms with Crippen molar-refractivity contribution in [3.8, 4) is 5.69 Å². The van der Waals surface area contributed by atoms with Crippen molar-refractivity contribution in [1.82, 2.24) is 14.7 Å². The van der Waals surface area contributed by atoms with Gasteiger partial charge in [-0.05, 0) is 49.1 Å². The number of sulfone groups is 1. The Bertz CT molecular complexity index is 1120. The predicted molar refractivity (Wildman–Crippen MR) is 112 cm³/mol. The van der Waals surface area contributed by atoms with E-state index < -0.39 is 22.0 Å². The van der Waals surface area contributed by atoms with Gasteiger partial charge in [0.05, 0.1) is 47.8 Å². The van der Waals surface area contributed by atoms with Crippen LogP contribution in [0.5, 0.6) is 0 Å². The highest BCUT2D eigenvalue weighted by molar-refractivity contribution is 7.91. The number of benzene rings is 1. The van der Waals surface area contributed by atoms with Crippen molar-refractivity contribution in [1.29, 1.82) is 0 Å². The van der Waals surface area contributed by atoms with Crippen LogP contribution in [0.2, 0.25) is 0 Å². The number of fused-ring (bicyclic) bond motifs is 1. The van der Waals surface area contributed by atoms with Crippen LogP contribution in [0.4, 0.5) is 0 Å². The molecular weight excluding hydrogens is 402 g/mol. The second-order valence-electron chi connectivity index (χ2n) is 8.17. The molecule has 0 bridgehead atoms. The van der Waals surface area contributed by atoms with Gasteiger partial charge in [-0.1, -0.05) is 18.2 Å². The summed E-state index contributed by atoms with van der Waals surface area (Å²) in [7, 11) is -3.26. The Kier molecular flexibility index (Phi) is 5.00. The molecule has 1 aliphatic heterocycles. The Morgan fingerprint density at radius 3 is 2.63 bits per heavy atom. The summed E-state index contributed by atoms with van der Waals surface area (Å²) >= 11 is 0. The van der Waals surface area contributed by atoms with E-state index in [1.165, 1.54) is 11.3 Å². The van der Waals surface area contributed by atoms with Crippen molar-refractivity contribution < 1.29 is 17.9 Å². The maximum atomic E-state index is 12.2. The third-order valence-corrected chi connectivity index (χ3v) is 7.77. The zero-order chi connectivity index (χ0) is 20.7. The van der Waals surface area contributed by atoms with E-state index in [1.807, 2.05) is 52.0 Å². The molecule has 2 unspecified atom stereocenters. The summed E-state index contributed by atoms with van der Waals surface area (Å²) < 4.78 is 31.9. The van der Waals surface area contributed by atoms with Gasteiger partial charge in [0.1, 0.15) is 5.76 Å². The second kappa shape index (κ2) is 7.68. The summed E-state index contributed by atoms with van der Waals surface area (Å²) in [5.41, 5.74) is 4.46. The summed E-state index contributed by atoms with van der Waals surface area (Å²) in [5.74, 6) is 0.505. The molecule has 5 rings (SSSR count). The van der Waals surface area contributed by atoms with Crippen LogP contribution in [0.1, 0.15) is 29.1 Å². The number of para-hydroxylation sites is 1. The van der Waals surface area contributed by atoms with Crippen LogP contribution in [0, 0.1) is 0 Å². The van der Waals surface area contributed by atoms with Gasteiger partial charge in [-0.25, -0.2) is 13.1 Å². The highest BCUT2D eigenvalue weighted by atomic mass is 32.2. The lowest BCUT2D eigenvalue weighted by Crippen LogP contribution is -2.42. The van der Waals surface area contributed by atoms with E-state index in [1.54, 1.807) is 6.26 Å². The molecule has 8 heteroatoms. The lowest BCUT2D eigenvalue weighted by atomic mass is 10.1. The average molecular weight is 428 g/mol. The second-order valence-corrected chi connectivity index (χ2v) is 10.3. The Morgan fingerprint density at radius 2 is 1.93 bits per heavy atom. The van der Waals surface area contributed by atoms with Crippen LogP contribution in [0.15, 0.2) is 53.1 Å². The van der Waals surface area contributed by atoms with E-state index in [2.05, 4.69) is 0 Å². The fourth-order valence-electron chi connectivity index (χ4n) is 4.67. The molecule has 1 aromatic carbocycles. The third-order valence-electron chi connectivity index (χ3n) is 6.07. The van der Waals surface area contributed by atoms with Gasteiger partial charge in [0.15, 0.2) is 9.84 Å². The standard InChI is InChI=1S/C22H25N3O4S/c26-22-15-30(27,28)14-21(22)24(12-17-8-5-11-29-17)13-19-18-9-4-10-20(18)25(23-19)16-6-2-1-3-7-16/h1-3,5-8,11,21-22,26H,4,9-10,12-15H2. The molecule has 3 heterocycles. The molecule has 1 N–H and O–H groups in total. The van der Waals surface area contributed by atoms with E-state index in [4.69, 9.17) is 9.52 Å². The first-order valence-electron chi connectivity index (χ1n) is 10.3. The number of rotatable bonds is 6. The summed E-state index contributed by atoms with van der Waals surface area (Å²) in [6, 6.07) is 13.3. The molecule has 30 heavy (non-hydrogen) atoms. The van der Waals surface area contributed by atoms with Gasteiger partial charge < -0.3 is 9.52 Å². The molecular formula is C22H25N3O4S. The average Bonchev–Trinajstić information content (AvgIpc) is 3.48. The molecule has 1 aliphatic carbocycles. The highest BCUT2D eigenvalue weighted by Gasteiger charge is 2.41. The lowest BCUT2D eigenvalue weighted by molar-refractivity contribution is 0.0675. The van der Waals surface area contributed by atoms with Gasteiger partial charge in [-0.3, -0.25) is 4.90 Å². The van der Waals surface area contributed by atoms with Gasteiger partial charge >= 0.3 is 0 Å². The van der Waals surface area contributed by atoms with E-state index >= 15 is 0 Å². The van der Waals surface area contributed by atoms with Crippen LogP contribution in [-0.2, 0) is 35.8 Å². The van der Waals surface area contributed by atoms with Gasteiger partial charge in [-0.2, -0.15) is 5.10 Å². The number of furan rings is 1. The van der Waals surface area contributed by atoms with Crippen LogP contribution in [0.3, 0.4) is 0 Å². The molecule has 1 fully saturated rings. The molecule has 0 saturated carbocycles. The summed E-state index contributed by atoms with van der Waals surface area (Å²) in [6.45, 7) is 0.900. The predicted octanol–water partition coefficient (Wildman–Crippen LogP) is 2.11. The fraction of sp³-hybridized carbons (Fsp3) is 0.409. The molecule has 2 aromatic heterocycles. The molecule has 0 amide bonds. The zero-order valence-corrected chi connectivity index (χ0v) is 17.5. The monoisotopic (exact) mass is 427 g/mol. The van der Waals surface area contributed by atoms with Gasteiger partial charge in [0, 0.05) is 12.2 Å². The molecule has 3 aromatic rings. The van der Waals surface area contributed by atoms with Crippen LogP contribution < -0.4 is 0 Å². The van der Waals surface area contributed by atoms with Crippen molar-refractivity contribution in [3.63, 3.8) is 0 Å². The summed E-state index contributed by atoms with van der Waals surface area (Å²) in [5, 5.41) is 15.4. The van der Waals surface area contributed by atoms with Crippen molar-refractivity contribution in [3.05, 3.63) is 71.4 Å². The minimum atomic E-state index is -3.26. The summed E-state index contributed by atoms with van der Waals surface area (Å²) in [6.07, 6.45) is 3.74. The van der Waals surface area contributed by atoms with Gasteiger partial charge in [0.2, 0.25) is 0 Å². The number of aliphatic hydroxyl groups is 1. The third kappa shape index (κ3) is 3.71. The van der Waals surface area contributed by atoms with Gasteiger partial charge in [-0.15, -0.1) is 0 Å². The lowest BCUT2D eigenvalue weighted by Gasteiger charge is -2.29. The van der Waals surface area contributed by atoms with E-state index in [-0.39, 0.29) is 11.5 Å². The van der Waals surface area contributed by atoms with Crippen LogP contribution in [-0.4, -0.2) is 51.9 Å². The van der Waals surface area contributed by atoms with Crippen molar-refractivity contribution in [2.75, 3.05) is 11.5 Å². The minimum absolute atomic E-state index is 0.0452. The fourth-order valence-corrected chi connectivity index (χ4v) is 6.50. The molecule has 2 aliphatic rings. The number of nitrogens with zero attached hydrogens (tertiary/aromatic N) is 3. The van der Waals surface area contributed by atoms with Crippen molar-refractivity contribution >= 4 is 9.84 Å². The summed E-state index contributed by atoms with van der Waals surface area (Å²) in [4.78, 5) is 2.00. The maximum absolute atomic E-state index is 12.2. The molecule has 0 radical (unpaired) electrons. The Morgan fingerprint density at radius 1 is 1.10 bits per heavy atom. The quantitative estimate of drug-likeness (QED) is 0.648. The van der Waals surface area contributed by atoms with Gasteiger partial charge in [0.25, 0.3) is 0 Å². The number of aromatic nitrogens is 2. The van der Waals surface area contributed by atoms with E-state index in [0.717, 1.165) is 36.4 Å². The molecule has 2 atom stereocenters. The highest BCUT2D eigenvalue weighted by Crippen LogP contribution is 2.30. The topological polar surface area (TPSA) is 88.6 Å². The number of hydrogen-bond acceptors (Lipinski definition) is 6. The van der Waals surface area contributed by atoms with Crippen LogP contribution in [0.25, 0.3) is 5.69 Å². The first-order valence-corrected chi connectivity index (χ1v) is 12.1. The first kappa shape index (κ1) is 19.5. The molecule has 0 spiro atoms. The maximum Gasteiger partial charge on any atom is 0.154 e. The molecule has 1 saturated heterocycles. The van der Waals surface area contributed by atoms with E-state index in [0.29, 0.717) is 13.1 Å². The Hall–Kier alpha value is -2.42. The minimum Gasteiger partial charge on any atom is -0.468 e. The SMILES string of the molecule is O=S1(=O)CC(O)C(N(Cc2ccco2)Cc2nn(-c3ccccc3)c3c2CCC3)C1. The number of hydrogen-bond donors (Lipinski definition) is 1. The number of aliphatic hydroxyl groups excluding tert-OH is 1. The Labute approximate surface area is 175 Å². The van der Waals surface area contributed by atoms with Crippen molar-refractivity contribution in [2.24, 2.45) is 0 Å².